The van der Waals surface area contributed by atoms with Crippen molar-refractivity contribution >= 4 is 11.5 Å². The maximum absolute atomic E-state index is 5.67. The van der Waals surface area contributed by atoms with Crippen LogP contribution in [-0.2, 0) is 0 Å². The minimum Gasteiger partial charge on any atom is -0.384 e. The van der Waals surface area contributed by atoms with E-state index in [0.717, 1.165) is 16.9 Å². The van der Waals surface area contributed by atoms with E-state index in [1.54, 1.807) is 6.07 Å². The van der Waals surface area contributed by atoms with Gasteiger partial charge in [0, 0.05) is 25.3 Å². The van der Waals surface area contributed by atoms with E-state index in [9.17, 15) is 0 Å². The smallest absolute Gasteiger partial charge is 0.124 e. The third-order valence-electron chi connectivity index (χ3n) is 2.43. The highest BCUT2D eigenvalue weighted by molar-refractivity contribution is 5.66. The van der Waals surface area contributed by atoms with Crippen molar-refractivity contribution in [3.8, 4) is 11.3 Å². The van der Waals surface area contributed by atoms with E-state index in [-0.39, 0.29) is 0 Å². The molecule has 0 amide bonds. The summed E-state index contributed by atoms with van der Waals surface area (Å²) in [6.45, 7) is 0. The van der Waals surface area contributed by atoms with Gasteiger partial charge in [0.15, 0.2) is 0 Å². The number of anilines is 2. The molecule has 0 atom stereocenters. The molecule has 0 aliphatic rings. The second-order valence-electron chi connectivity index (χ2n) is 3.89. The number of aromatic nitrogens is 1. The monoisotopic (exact) mass is 213 g/mol. The highest BCUT2D eigenvalue weighted by Crippen LogP contribution is 2.22. The highest BCUT2D eigenvalue weighted by Gasteiger charge is 2.01. The van der Waals surface area contributed by atoms with Gasteiger partial charge in [-0.05, 0) is 24.3 Å². The molecule has 0 radical (unpaired) electrons. The number of nitrogen functional groups attached to an aromatic ring is 1. The fraction of sp³-hybridized carbons (Fsp3) is 0.154. The second kappa shape index (κ2) is 4.23. The van der Waals surface area contributed by atoms with Crippen molar-refractivity contribution < 1.29 is 0 Å². The number of pyridine rings is 1. The summed E-state index contributed by atoms with van der Waals surface area (Å²) in [7, 11) is 4.04. The van der Waals surface area contributed by atoms with Crippen LogP contribution in [0.25, 0.3) is 11.3 Å². The highest BCUT2D eigenvalue weighted by atomic mass is 15.1. The van der Waals surface area contributed by atoms with Crippen molar-refractivity contribution in [1.29, 1.82) is 0 Å². The average Bonchev–Trinajstić information content (AvgIpc) is 2.29. The lowest BCUT2D eigenvalue weighted by Crippen LogP contribution is -2.08. The molecule has 0 unspecified atom stereocenters. The molecular formula is C13H15N3. The zero-order chi connectivity index (χ0) is 11.5. The molecular weight excluding hydrogens is 198 g/mol. The van der Waals surface area contributed by atoms with E-state index in [4.69, 9.17) is 5.73 Å². The Labute approximate surface area is 95.5 Å². The summed E-state index contributed by atoms with van der Waals surface area (Å²) in [6, 6.07) is 13.9. The van der Waals surface area contributed by atoms with Crippen molar-refractivity contribution in [3.63, 3.8) is 0 Å². The Morgan fingerprint density at radius 2 is 1.81 bits per heavy atom. The number of benzene rings is 1. The Balaban J connectivity index is 2.44. The molecule has 2 N–H and O–H groups in total. The molecule has 3 nitrogen and oxygen atoms in total. The lowest BCUT2D eigenvalue weighted by Gasteiger charge is -2.13. The second-order valence-corrected chi connectivity index (χ2v) is 3.89. The molecule has 2 aromatic rings. The van der Waals surface area contributed by atoms with Gasteiger partial charge in [-0.1, -0.05) is 18.2 Å². The summed E-state index contributed by atoms with van der Waals surface area (Å²) in [5.74, 6) is 0.549. The van der Waals surface area contributed by atoms with E-state index >= 15 is 0 Å². The van der Waals surface area contributed by atoms with Gasteiger partial charge in [0.25, 0.3) is 0 Å². The van der Waals surface area contributed by atoms with Crippen molar-refractivity contribution in [3.05, 3.63) is 42.5 Å². The zero-order valence-electron chi connectivity index (χ0n) is 9.51. The first-order chi connectivity index (χ1) is 7.66. The predicted octanol–water partition coefficient (Wildman–Crippen LogP) is 2.40. The summed E-state index contributed by atoms with van der Waals surface area (Å²) in [5, 5.41) is 0. The molecule has 1 heterocycles. The molecule has 3 heteroatoms. The van der Waals surface area contributed by atoms with Crippen LogP contribution in [0.2, 0.25) is 0 Å². The first-order valence-corrected chi connectivity index (χ1v) is 5.17. The van der Waals surface area contributed by atoms with Crippen molar-refractivity contribution in [2.24, 2.45) is 0 Å². The van der Waals surface area contributed by atoms with E-state index in [1.165, 1.54) is 0 Å². The summed E-state index contributed by atoms with van der Waals surface area (Å²) in [4.78, 5) is 6.37. The van der Waals surface area contributed by atoms with Gasteiger partial charge in [-0.25, -0.2) is 4.98 Å². The minimum atomic E-state index is 0.549. The average molecular weight is 213 g/mol. The lowest BCUT2D eigenvalue weighted by molar-refractivity contribution is 1.13. The van der Waals surface area contributed by atoms with Crippen molar-refractivity contribution in [2.75, 3.05) is 24.7 Å². The van der Waals surface area contributed by atoms with Crippen LogP contribution in [0.15, 0.2) is 42.5 Å². The molecule has 0 aliphatic heterocycles. The fourth-order valence-corrected chi connectivity index (χ4v) is 1.56. The van der Waals surface area contributed by atoms with Crippen LogP contribution in [0.5, 0.6) is 0 Å². The zero-order valence-corrected chi connectivity index (χ0v) is 9.51. The van der Waals surface area contributed by atoms with Crippen LogP contribution >= 0.6 is 0 Å². The molecule has 1 aromatic heterocycles. The normalized spacial score (nSPS) is 10.1. The minimum absolute atomic E-state index is 0.549. The van der Waals surface area contributed by atoms with Crippen LogP contribution < -0.4 is 10.6 Å². The van der Waals surface area contributed by atoms with Gasteiger partial charge < -0.3 is 10.6 Å². The quantitative estimate of drug-likeness (QED) is 0.833. The Morgan fingerprint density at radius 3 is 2.50 bits per heavy atom. The maximum atomic E-state index is 5.67. The number of hydrogen-bond acceptors (Lipinski definition) is 3. The molecule has 0 fully saturated rings. The van der Waals surface area contributed by atoms with E-state index in [2.05, 4.69) is 22.0 Å². The van der Waals surface area contributed by atoms with E-state index in [0.29, 0.717) is 5.82 Å². The van der Waals surface area contributed by atoms with Crippen LogP contribution in [0, 0.1) is 0 Å². The molecule has 0 spiro atoms. The van der Waals surface area contributed by atoms with Gasteiger partial charge >= 0.3 is 0 Å². The maximum Gasteiger partial charge on any atom is 0.124 e. The van der Waals surface area contributed by atoms with Crippen LogP contribution in [0.1, 0.15) is 0 Å². The van der Waals surface area contributed by atoms with Crippen LogP contribution in [0.4, 0.5) is 11.5 Å². The molecule has 0 bridgehead atoms. The topological polar surface area (TPSA) is 42.1 Å². The summed E-state index contributed by atoms with van der Waals surface area (Å²) in [5.41, 5.74) is 8.81. The number of nitrogens with two attached hydrogens (primary N) is 1. The summed E-state index contributed by atoms with van der Waals surface area (Å²) < 4.78 is 0. The molecule has 1 aromatic carbocycles. The first kappa shape index (κ1) is 10.5. The Bertz CT molecular complexity index is 492. The third-order valence-corrected chi connectivity index (χ3v) is 2.43. The Hall–Kier alpha value is -2.03. The van der Waals surface area contributed by atoms with E-state index in [1.807, 2.05) is 38.4 Å². The van der Waals surface area contributed by atoms with Gasteiger partial charge in [0.2, 0.25) is 0 Å². The van der Waals surface area contributed by atoms with Gasteiger partial charge in [-0.2, -0.15) is 0 Å². The standard InChI is InChI=1S/C13H15N3/c1-16(2)11-6-3-5-10(9-11)12-7-4-8-13(14)15-12/h3-9H,1-2H3,(H2,14,15). The Morgan fingerprint density at radius 1 is 1.06 bits per heavy atom. The van der Waals surface area contributed by atoms with Crippen molar-refractivity contribution in [1.82, 2.24) is 4.98 Å². The predicted molar refractivity (Wildman–Crippen MR) is 68.4 cm³/mol. The SMILES string of the molecule is CN(C)c1cccc(-c2cccc(N)n2)c1. The molecule has 0 saturated heterocycles. The Kier molecular flexibility index (Phi) is 2.77. The van der Waals surface area contributed by atoms with Gasteiger partial charge in [0.1, 0.15) is 5.82 Å². The fourth-order valence-electron chi connectivity index (χ4n) is 1.56. The first-order valence-electron chi connectivity index (χ1n) is 5.17. The number of nitrogens with zero attached hydrogens (tertiary/aromatic N) is 2. The summed E-state index contributed by atoms with van der Waals surface area (Å²) in [6.07, 6.45) is 0. The number of hydrogen-bond donors (Lipinski definition) is 1. The lowest BCUT2D eigenvalue weighted by atomic mass is 10.1. The largest absolute Gasteiger partial charge is 0.384 e. The van der Waals surface area contributed by atoms with Crippen LogP contribution in [-0.4, -0.2) is 19.1 Å². The molecule has 82 valence electrons. The van der Waals surface area contributed by atoms with Crippen molar-refractivity contribution in [2.45, 2.75) is 0 Å². The number of rotatable bonds is 2. The molecule has 16 heavy (non-hydrogen) atoms. The van der Waals surface area contributed by atoms with Gasteiger partial charge in [-0.15, -0.1) is 0 Å². The van der Waals surface area contributed by atoms with Gasteiger partial charge in [-0.3, -0.25) is 0 Å². The molecule has 0 aliphatic carbocycles. The third kappa shape index (κ3) is 2.14. The van der Waals surface area contributed by atoms with Gasteiger partial charge in [0.05, 0.1) is 5.69 Å². The molecule has 0 saturated carbocycles. The van der Waals surface area contributed by atoms with Crippen LogP contribution in [0.3, 0.4) is 0 Å². The van der Waals surface area contributed by atoms with E-state index < -0.39 is 0 Å². The molecule has 2 rings (SSSR count). The summed E-state index contributed by atoms with van der Waals surface area (Å²) >= 11 is 0.